The lowest BCUT2D eigenvalue weighted by Crippen LogP contribution is -2.38. The van der Waals surface area contributed by atoms with Gasteiger partial charge in [-0.1, -0.05) is 25.9 Å². The Hall–Kier alpha value is -1.41. The Kier molecular flexibility index (Phi) is 3.79. The molecule has 8 heteroatoms. The predicted octanol–water partition coefficient (Wildman–Crippen LogP) is 1.74. The van der Waals surface area contributed by atoms with E-state index in [-0.39, 0.29) is 17.2 Å². The smallest absolute Gasteiger partial charge is 0.308 e. The molecule has 2 aliphatic heterocycles. The van der Waals surface area contributed by atoms with E-state index < -0.39 is 28.0 Å². The van der Waals surface area contributed by atoms with Gasteiger partial charge in [-0.15, -0.1) is 0 Å². The minimum Gasteiger partial charge on any atom is -0.481 e. The number of hydrogen-bond donors (Lipinski definition) is 1. The molecule has 3 atom stereocenters. The molecule has 3 heterocycles. The zero-order valence-electron chi connectivity index (χ0n) is 13.5. The van der Waals surface area contributed by atoms with Gasteiger partial charge in [-0.25, -0.2) is 8.42 Å². The number of aliphatic carboxylic acids is 1. The highest BCUT2D eigenvalue weighted by atomic mass is 32.2. The minimum absolute atomic E-state index is 0.194. The lowest BCUT2D eigenvalue weighted by Gasteiger charge is -2.21. The molecule has 0 radical (unpaired) electrons. The Bertz CT molecular complexity index is 718. The van der Waals surface area contributed by atoms with Crippen molar-refractivity contribution in [3.63, 3.8) is 0 Å². The molecule has 2 saturated heterocycles. The van der Waals surface area contributed by atoms with Gasteiger partial charge in [0.2, 0.25) is 10.0 Å². The maximum Gasteiger partial charge on any atom is 0.308 e. The van der Waals surface area contributed by atoms with E-state index in [2.05, 4.69) is 5.16 Å². The van der Waals surface area contributed by atoms with Crippen molar-refractivity contribution in [1.82, 2.24) is 9.46 Å². The van der Waals surface area contributed by atoms with Crippen LogP contribution in [0.1, 0.15) is 51.5 Å². The Balaban J connectivity index is 1.80. The number of carboxylic acid groups (broad SMARTS) is 1. The van der Waals surface area contributed by atoms with E-state index >= 15 is 0 Å². The van der Waals surface area contributed by atoms with Crippen molar-refractivity contribution in [3.05, 3.63) is 17.5 Å². The van der Waals surface area contributed by atoms with Crippen molar-refractivity contribution in [3.8, 4) is 0 Å². The predicted molar refractivity (Wildman–Crippen MR) is 82.2 cm³/mol. The second-order valence-electron chi connectivity index (χ2n) is 7.50. The van der Waals surface area contributed by atoms with Crippen LogP contribution in [-0.4, -0.2) is 41.0 Å². The molecule has 2 aliphatic rings. The Morgan fingerprint density at radius 1 is 1.43 bits per heavy atom. The Morgan fingerprint density at radius 2 is 2.13 bits per heavy atom. The number of nitrogens with zero attached hydrogens (tertiary/aromatic N) is 2. The van der Waals surface area contributed by atoms with Crippen LogP contribution in [0.4, 0.5) is 0 Å². The average molecular weight is 342 g/mol. The molecular formula is C15H22N2O5S. The van der Waals surface area contributed by atoms with Crippen LogP contribution in [0.3, 0.4) is 0 Å². The van der Waals surface area contributed by atoms with Gasteiger partial charge in [-0.2, -0.15) is 4.31 Å². The van der Waals surface area contributed by atoms with E-state index in [0.29, 0.717) is 24.3 Å². The fourth-order valence-electron chi connectivity index (χ4n) is 3.63. The van der Waals surface area contributed by atoms with Gasteiger partial charge in [-0.05, 0) is 19.3 Å². The largest absolute Gasteiger partial charge is 0.481 e. The van der Waals surface area contributed by atoms with Crippen molar-refractivity contribution in [2.45, 2.75) is 63.3 Å². The summed E-state index contributed by atoms with van der Waals surface area (Å²) >= 11 is 0. The normalized spacial score (nSPS) is 28.4. The summed E-state index contributed by atoms with van der Waals surface area (Å²) in [5.41, 5.74) is 0.129. The SMILES string of the molecule is CC(C)(C)c1cc(CS(=O)(=O)N2C3CCC2C(C(=O)O)C3)no1. The fourth-order valence-corrected chi connectivity index (χ4v) is 5.60. The monoisotopic (exact) mass is 342 g/mol. The van der Waals surface area contributed by atoms with Crippen LogP contribution in [0.25, 0.3) is 0 Å². The molecule has 0 aromatic carbocycles. The second kappa shape index (κ2) is 5.31. The molecule has 128 valence electrons. The Morgan fingerprint density at radius 3 is 2.65 bits per heavy atom. The molecule has 3 unspecified atom stereocenters. The maximum atomic E-state index is 12.7. The van der Waals surface area contributed by atoms with Crippen molar-refractivity contribution >= 4 is 16.0 Å². The van der Waals surface area contributed by atoms with Crippen molar-refractivity contribution in [2.75, 3.05) is 0 Å². The molecular weight excluding hydrogens is 320 g/mol. The third-order valence-electron chi connectivity index (χ3n) is 4.74. The molecule has 2 fully saturated rings. The summed E-state index contributed by atoms with van der Waals surface area (Å²) in [5, 5.41) is 13.1. The highest BCUT2D eigenvalue weighted by molar-refractivity contribution is 7.88. The van der Waals surface area contributed by atoms with Crippen LogP contribution < -0.4 is 0 Å². The van der Waals surface area contributed by atoms with E-state index in [4.69, 9.17) is 4.52 Å². The van der Waals surface area contributed by atoms with Crippen molar-refractivity contribution in [2.24, 2.45) is 5.92 Å². The first kappa shape index (κ1) is 16.4. The zero-order valence-corrected chi connectivity index (χ0v) is 14.3. The first-order valence-corrected chi connectivity index (χ1v) is 9.40. The first-order chi connectivity index (χ1) is 10.6. The van der Waals surface area contributed by atoms with E-state index in [1.807, 2.05) is 20.8 Å². The molecule has 23 heavy (non-hydrogen) atoms. The molecule has 0 amide bonds. The molecule has 7 nitrogen and oxygen atoms in total. The highest BCUT2D eigenvalue weighted by Crippen LogP contribution is 2.44. The highest BCUT2D eigenvalue weighted by Gasteiger charge is 2.54. The standard InChI is InChI=1S/C15H22N2O5S/c1-15(2,3)13-6-9(16-22-13)8-23(20,21)17-10-4-5-12(17)11(7-10)14(18)19/h6,10-12H,4-5,7-8H2,1-3H3,(H,18,19). The molecule has 0 spiro atoms. The van der Waals surface area contributed by atoms with Gasteiger partial charge in [0, 0.05) is 23.6 Å². The van der Waals surface area contributed by atoms with Gasteiger partial charge in [0.1, 0.15) is 17.2 Å². The van der Waals surface area contributed by atoms with Crippen LogP contribution in [0.15, 0.2) is 10.6 Å². The third kappa shape index (κ3) is 2.89. The average Bonchev–Trinajstić information content (AvgIpc) is 3.09. The molecule has 0 aliphatic carbocycles. The van der Waals surface area contributed by atoms with E-state index in [0.717, 1.165) is 6.42 Å². The minimum atomic E-state index is -3.60. The van der Waals surface area contributed by atoms with Gasteiger partial charge in [0.05, 0.1) is 5.92 Å². The quantitative estimate of drug-likeness (QED) is 0.894. The van der Waals surface area contributed by atoms with Crippen molar-refractivity contribution in [1.29, 1.82) is 0 Å². The molecule has 1 aromatic rings. The number of rotatable bonds is 4. The molecule has 1 N–H and O–H groups in total. The summed E-state index contributed by atoms with van der Waals surface area (Å²) in [7, 11) is -3.60. The topological polar surface area (TPSA) is 101 Å². The number of aromatic nitrogens is 1. The van der Waals surface area contributed by atoms with Gasteiger partial charge >= 0.3 is 5.97 Å². The number of carboxylic acids is 1. The molecule has 0 saturated carbocycles. The number of hydrogen-bond acceptors (Lipinski definition) is 5. The first-order valence-electron chi connectivity index (χ1n) is 7.79. The summed E-state index contributed by atoms with van der Waals surface area (Å²) in [5.74, 6) is -1.11. The summed E-state index contributed by atoms with van der Waals surface area (Å²) in [6.07, 6.45) is 1.76. The molecule has 1 aromatic heterocycles. The fraction of sp³-hybridized carbons (Fsp3) is 0.733. The summed E-state index contributed by atoms with van der Waals surface area (Å²) in [4.78, 5) is 11.3. The summed E-state index contributed by atoms with van der Waals surface area (Å²) in [6.45, 7) is 5.89. The zero-order chi connectivity index (χ0) is 17.0. The lowest BCUT2D eigenvalue weighted by molar-refractivity contribution is -0.142. The summed E-state index contributed by atoms with van der Waals surface area (Å²) in [6, 6.07) is 1.06. The molecule has 3 rings (SSSR count). The van der Waals surface area contributed by atoms with E-state index in [1.54, 1.807) is 6.07 Å². The van der Waals surface area contributed by atoms with E-state index in [1.165, 1.54) is 4.31 Å². The number of carbonyl (C=O) groups is 1. The van der Waals surface area contributed by atoms with Crippen LogP contribution in [0.2, 0.25) is 0 Å². The van der Waals surface area contributed by atoms with Crippen LogP contribution in [0.5, 0.6) is 0 Å². The van der Waals surface area contributed by atoms with Crippen LogP contribution >= 0.6 is 0 Å². The summed E-state index contributed by atoms with van der Waals surface area (Å²) < 4.78 is 32.1. The van der Waals surface area contributed by atoms with Gasteiger partial charge in [0.25, 0.3) is 0 Å². The third-order valence-corrected chi connectivity index (χ3v) is 6.61. The second-order valence-corrected chi connectivity index (χ2v) is 9.37. The van der Waals surface area contributed by atoms with Crippen LogP contribution in [-0.2, 0) is 26.0 Å². The van der Waals surface area contributed by atoms with Gasteiger partial charge < -0.3 is 9.63 Å². The Labute approximate surface area is 135 Å². The molecule has 2 bridgehead atoms. The van der Waals surface area contributed by atoms with Crippen LogP contribution in [0, 0.1) is 5.92 Å². The van der Waals surface area contributed by atoms with Gasteiger partial charge in [-0.3, -0.25) is 4.79 Å². The van der Waals surface area contributed by atoms with Crippen molar-refractivity contribution < 1.29 is 22.8 Å². The van der Waals surface area contributed by atoms with E-state index in [9.17, 15) is 18.3 Å². The maximum absolute atomic E-state index is 12.7. The van der Waals surface area contributed by atoms with Gasteiger partial charge in [0.15, 0.2) is 0 Å². The lowest BCUT2D eigenvalue weighted by atomic mass is 9.89. The number of fused-ring (bicyclic) bond motifs is 2. The number of sulfonamides is 1.